The number of aliphatic carboxylic acids is 1. The van der Waals surface area contributed by atoms with Crippen LogP contribution in [0.1, 0.15) is 6.42 Å². The number of nitrogens with zero attached hydrogens (tertiary/aromatic N) is 2. The van der Waals surface area contributed by atoms with Gasteiger partial charge in [0.2, 0.25) is 5.71 Å². The van der Waals surface area contributed by atoms with Gasteiger partial charge in [0.05, 0.1) is 26.1 Å². The van der Waals surface area contributed by atoms with Gasteiger partial charge in [0.15, 0.2) is 0 Å². The third kappa shape index (κ3) is 2.52. The molecule has 0 saturated heterocycles. The molecule has 1 amide bonds. The number of carboxylic acid groups (broad SMARTS) is 1. The van der Waals surface area contributed by atoms with E-state index in [4.69, 9.17) is 5.11 Å². The van der Waals surface area contributed by atoms with Gasteiger partial charge in [-0.05, 0) is 10.8 Å². The smallest absolute Gasteiger partial charge is 0.403 e. The fourth-order valence-corrected chi connectivity index (χ4v) is 1.28. The number of hydrazine groups is 1. The average Bonchev–Trinajstić information content (AvgIpc) is 2.19. The Kier molecular flexibility index (Phi) is 3.38. The molecule has 0 saturated carbocycles. The van der Waals surface area contributed by atoms with E-state index in [1.807, 2.05) is 0 Å². The molecular weight excluding hydrogens is 196 g/mol. The number of allylic oxidation sites excluding steroid dienone is 2. The lowest BCUT2D eigenvalue weighted by atomic mass is 10.1. The van der Waals surface area contributed by atoms with Gasteiger partial charge in [0, 0.05) is 6.08 Å². The van der Waals surface area contributed by atoms with E-state index in [1.165, 1.54) is 10.8 Å². The lowest BCUT2D eigenvalue weighted by Crippen LogP contribution is -2.32. The maximum Gasteiger partial charge on any atom is 0.403 e. The molecule has 0 heterocycles. The SMILES string of the molecule is CN(C)[N+](C=O)=C1C=CC(C(=O)O)=CC1. The summed E-state index contributed by atoms with van der Waals surface area (Å²) in [4.78, 5) is 21.4. The molecule has 15 heavy (non-hydrogen) atoms. The maximum absolute atomic E-state index is 10.8. The Hall–Kier alpha value is -1.91. The van der Waals surface area contributed by atoms with E-state index in [9.17, 15) is 9.59 Å². The Morgan fingerprint density at radius 2 is 2.20 bits per heavy atom. The molecule has 0 aromatic carbocycles. The minimum Gasteiger partial charge on any atom is -0.478 e. The zero-order valence-electron chi connectivity index (χ0n) is 8.67. The van der Waals surface area contributed by atoms with Gasteiger partial charge in [-0.3, -0.25) is 0 Å². The van der Waals surface area contributed by atoms with Crippen LogP contribution in [0.4, 0.5) is 0 Å². The highest BCUT2D eigenvalue weighted by Crippen LogP contribution is 2.08. The molecule has 5 heteroatoms. The second-order valence-electron chi connectivity index (χ2n) is 3.29. The Morgan fingerprint density at radius 1 is 1.53 bits per heavy atom. The zero-order valence-corrected chi connectivity index (χ0v) is 8.67. The minimum atomic E-state index is -0.951. The molecule has 0 spiro atoms. The van der Waals surface area contributed by atoms with Crippen molar-refractivity contribution in [1.29, 1.82) is 0 Å². The summed E-state index contributed by atoms with van der Waals surface area (Å²) in [6, 6.07) is 0. The highest BCUT2D eigenvalue weighted by Gasteiger charge is 2.18. The fraction of sp³-hybridized carbons (Fsp3) is 0.300. The normalized spacial score (nSPS) is 18.1. The summed E-state index contributed by atoms with van der Waals surface area (Å²) >= 11 is 0. The summed E-state index contributed by atoms with van der Waals surface area (Å²) in [6.07, 6.45) is 5.84. The van der Waals surface area contributed by atoms with Crippen LogP contribution < -0.4 is 0 Å². The van der Waals surface area contributed by atoms with Gasteiger partial charge in [-0.25, -0.2) is 9.59 Å². The van der Waals surface area contributed by atoms with Crippen LogP contribution >= 0.6 is 0 Å². The second-order valence-corrected chi connectivity index (χ2v) is 3.29. The predicted octanol–water partition coefficient (Wildman–Crippen LogP) is 0.0438. The van der Waals surface area contributed by atoms with Gasteiger partial charge in [-0.2, -0.15) is 5.01 Å². The summed E-state index contributed by atoms with van der Waals surface area (Å²) in [6.45, 7) is 0. The summed E-state index contributed by atoms with van der Waals surface area (Å²) in [7, 11) is 3.48. The van der Waals surface area contributed by atoms with Gasteiger partial charge < -0.3 is 5.11 Å². The number of rotatable bonds is 3. The Labute approximate surface area is 87.6 Å². The second kappa shape index (κ2) is 4.54. The lowest BCUT2D eigenvalue weighted by Gasteiger charge is -2.08. The van der Waals surface area contributed by atoms with Gasteiger partial charge in [0.1, 0.15) is 0 Å². The van der Waals surface area contributed by atoms with Crippen LogP contribution in [0.3, 0.4) is 0 Å². The first-order valence-corrected chi connectivity index (χ1v) is 4.45. The molecule has 0 bridgehead atoms. The van der Waals surface area contributed by atoms with Crippen LogP contribution in [-0.4, -0.2) is 47.0 Å². The third-order valence-electron chi connectivity index (χ3n) is 2.06. The molecule has 0 aromatic rings. The van der Waals surface area contributed by atoms with Crippen molar-refractivity contribution in [3.63, 3.8) is 0 Å². The van der Waals surface area contributed by atoms with Crippen LogP contribution in [0.5, 0.6) is 0 Å². The van der Waals surface area contributed by atoms with Crippen molar-refractivity contribution in [2.45, 2.75) is 6.42 Å². The largest absolute Gasteiger partial charge is 0.478 e. The van der Waals surface area contributed by atoms with E-state index < -0.39 is 5.97 Å². The van der Waals surface area contributed by atoms with Crippen LogP contribution in [0.2, 0.25) is 0 Å². The summed E-state index contributed by atoms with van der Waals surface area (Å²) in [5.41, 5.74) is 1.00. The zero-order chi connectivity index (χ0) is 11.4. The summed E-state index contributed by atoms with van der Waals surface area (Å²) in [5.74, 6) is -0.951. The third-order valence-corrected chi connectivity index (χ3v) is 2.06. The van der Waals surface area contributed by atoms with Gasteiger partial charge in [-0.1, -0.05) is 6.08 Å². The van der Waals surface area contributed by atoms with Gasteiger partial charge >= 0.3 is 12.4 Å². The highest BCUT2D eigenvalue weighted by atomic mass is 16.4. The Balaban J connectivity index is 2.94. The number of amides is 1. The van der Waals surface area contributed by atoms with Crippen LogP contribution in [0, 0.1) is 0 Å². The van der Waals surface area contributed by atoms with E-state index in [0.29, 0.717) is 12.8 Å². The summed E-state index contributed by atoms with van der Waals surface area (Å²) < 4.78 is 1.42. The van der Waals surface area contributed by atoms with E-state index >= 15 is 0 Å². The van der Waals surface area contributed by atoms with Crippen molar-refractivity contribution in [3.05, 3.63) is 23.8 Å². The summed E-state index contributed by atoms with van der Waals surface area (Å²) in [5, 5.41) is 10.3. The monoisotopic (exact) mass is 209 g/mol. The molecule has 0 aliphatic heterocycles. The Bertz CT molecular complexity index is 378. The number of carboxylic acids is 1. The first kappa shape index (κ1) is 11.2. The van der Waals surface area contributed by atoms with Crippen molar-refractivity contribution in [3.8, 4) is 0 Å². The molecule has 0 atom stereocenters. The van der Waals surface area contributed by atoms with Gasteiger partial charge in [-0.15, -0.1) is 0 Å². The van der Waals surface area contributed by atoms with Crippen molar-refractivity contribution in [2.24, 2.45) is 0 Å². The first-order chi connectivity index (χ1) is 7.06. The maximum atomic E-state index is 10.8. The number of hydrogen-bond acceptors (Lipinski definition) is 3. The number of hydrogen-bond donors (Lipinski definition) is 1. The molecule has 0 fully saturated rings. The van der Waals surface area contributed by atoms with E-state index in [-0.39, 0.29) is 5.57 Å². The molecular formula is C10H13N2O3+. The fourth-order valence-electron chi connectivity index (χ4n) is 1.28. The molecule has 0 unspecified atom stereocenters. The topological polar surface area (TPSA) is 60.6 Å². The van der Waals surface area contributed by atoms with E-state index in [2.05, 4.69) is 0 Å². The lowest BCUT2D eigenvalue weighted by molar-refractivity contribution is -0.593. The highest BCUT2D eigenvalue weighted by molar-refractivity contribution is 6.00. The molecule has 80 valence electrons. The van der Waals surface area contributed by atoms with E-state index in [1.54, 1.807) is 31.3 Å². The molecule has 5 nitrogen and oxygen atoms in total. The predicted molar refractivity (Wildman–Crippen MR) is 54.5 cm³/mol. The molecule has 1 N–H and O–H groups in total. The minimum absolute atomic E-state index is 0.253. The molecule has 0 aromatic heterocycles. The number of hydrazone groups is 1. The number of carbonyl (C=O) groups is 2. The van der Waals surface area contributed by atoms with Crippen LogP contribution in [-0.2, 0) is 9.59 Å². The van der Waals surface area contributed by atoms with Crippen molar-refractivity contribution in [2.75, 3.05) is 14.1 Å². The number of carbonyl (C=O) groups excluding carboxylic acids is 1. The van der Waals surface area contributed by atoms with E-state index in [0.717, 1.165) is 5.71 Å². The quantitative estimate of drug-likeness (QED) is 0.405. The van der Waals surface area contributed by atoms with Crippen LogP contribution in [0.15, 0.2) is 23.8 Å². The molecule has 1 rings (SSSR count). The van der Waals surface area contributed by atoms with Gasteiger partial charge in [0.25, 0.3) is 0 Å². The van der Waals surface area contributed by atoms with Crippen molar-refractivity contribution >= 4 is 18.1 Å². The standard InChI is InChI=1S/C10H12N2O3/c1-11(2)12(7-13)9-5-3-8(4-6-9)10(14)15/h3-5,7H,6H2,1-2H3/p+1. The molecule has 1 aliphatic carbocycles. The first-order valence-electron chi connectivity index (χ1n) is 4.45. The van der Waals surface area contributed by atoms with Crippen LogP contribution in [0.25, 0.3) is 0 Å². The molecule has 1 aliphatic rings. The van der Waals surface area contributed by atoms with Crippen molar-refractivity contribution < 1.29 is 19.4 Å². The Morgan fingerprint density at radius 3 is 2.53 bits per heavy atom. The average molecular weight is 209 g/mol. The molecule has 0 radical (unpaired) electrons. The van der Waals surface area contributed by atoms with Crippen molar-refractivity contribution in [1.82, 2.24) is 5.01 Å².